The van der Waals surface area contributed by atoms with Crippen molar-refractivity contribution >= 4 is 22.1 Å². The van der Waals surface area contributed by atoms with Gasteiger partial charge in [0.1, 0.15) is 11.4 Å². The van der Waals surface area contributed by atoms with Crippen molar-refractivity contribution in [2.75, 3.05) is 0 Å². The van der Waals surface area contributed by atoms with Gasteiger partial charge in [-0.25, -0.2) is 15.0 Å². The number of hydrogen-bond donors (Lipinski definition) is 0. The van der Waals surface area contributed by atoms with E-state index >= 15 is 0 Å². The van der Waals surface area contributed by atoms with E-state index in [9.17, 15) is 0 Å². The molecule has 0 atom stereocenters. The number of hydrogen-bond acceptors (Lipinski definition) is 3. The molecule has 0 spiro atoms. The molecule has 5 aromatic rings. The molecule has 5 rings (SSSR count). The molecule has 0 aliphatic rings. The topological polar surface area (TPSA) is 48.5 Å². The Labute approximate surface area is 366 Å². The number of unbranched alkanes of at least 4 members (excludes halogenated alkanes) is 18. The van der Waals surface area contributed by atoms with Gasteiger partial charge in [0.15, 0.2) is 11.6 Å². The summed E-state index contributed by atoms with van der Waals surface area (Å²) in [5, 5.41) is 0. The number of para-hydroxylation sites is 4. The first kappa shape index (κ1) is 48.8. The van der Waals surface area contributed by atoms with Gasteiger partial charge in [0.05, 0.1) is 22.1 Å². The summed E-state index contributed by atoms with van der Waals surface area (Å²) < 4.78 is 4.80. The van der Waals surface area contributed by atoms with Gasteiger partial charge in [-0.15, -0.1) is 0 Å². The van der Waals surface area contributed by atoms with Gasteiger partial charge in [-0.05, 0) is 49.2 Å². The van der Waals surface area contributed by atoms with Crippen molar-refractivity contribution in [3.05, 3.63) is 66.7 Å². The predicted octanol–water partition coefficient (Wildman–Crippen LogP) is 3.97. The minimum atomic E-state index is 0. The quantitative estimate of drug-likeness (QED) is 0.0883. The zero-order valence-electron chi connectivity index (χ0n) is 31.8. The monoisotopic (exact) mass is 894 g/mol. The van der Waals surface area contributed by atoms with Crippen molar-refractivity contribution in [2.45, 2.75) is 155 Å². The average molecular weight is 899 g/mol. The second-order valence-electron chi connectivity index (χ2n) is 13.9. The molecule has 9 heteroatoms. The van der Waals surface area contributed by atoms with Gasteiger partial charge < -0.3 is 46.4 Å². The first-order valence-corrected chi connectivity index (χ1v) is 19.7. The van der Waals surface area contributed by atoms with Gasteiger partial charge in [-0.1, -0.05) is 160 Å². The van der Waals surface area contributed by atoms with Crippen molar-refractivity contribution in [3.8, 4) is 23.0 Å². The number of halogens is 3. The summed E-state index contributed by atoms with van der Waals surface area (Å²) in [5.41, 5.74) is 6.33. The van der Waals surface area contributed by atoms with E-state index in [4.69, 9.17) is 15.0 Å². The zero-order chi connectivity index (χ0) is 33.2. The van der Waals surface area contributed by atoms with Crippen molar-refractivity contribution in [2.24, 2.45) is 0 Å². The van der Waals surface area contributed by atoms with E-state index in [1.165, 1.54) is 127 Å². The van der Waals surface area contributed by atoms with E-state index in [1.54, 1.807) is 0 Å². The van der Waals surface area contributed by atoms with Crippen LogP contribution in [0.4, 0.5) is 0 Å². The number of fused-ring (bicyclic) bond motifs is 2. The van der Waals surface area contributed by atoms with Crippen molar-refractivity contribution < 1.29 is 78.1 Å². The van der Waals surface area contributed by atoms with Gasteiger partial charge >= 0.3 is 40.8 Å². The first-order chi connectivity index (χ1) is 23.8. The summed E-state index contributed by atoms with van der Waals surface area (Å²) in [7, 11) is 0. The molecule has 0 N–H and O–H groups in total. The molecule has 0 saturated carbocycles. The Morgan fingerprint density at radius 2 is 0.712 bits per heavy atom. The fourth-order valence-electron chi connectivity index (χ4n) is 7.19. The molecule has 0 aliphatic heterocycles. The molecule has 0 fully saturated rings. The van der Waals surface area contributed by atoms with Crippen LogP contribution in [-0.4, -0.2) is 24.1 Å². The van der Waals surface area contributed by atoms with Gasteiger partial charge in [0, 0.05) is 13.1 Å². The summed E-state index contributed by atoms with van der Waals surface area (Å²) in [6, 6.07) is 23.5. The number of aromatic nitrogens is 5. The molecule has 52 heavy (non-hydrogen) atoms. The molecule has 3 aromatic heterocycles. The van der Waals surface area contributed by atoms with Gasteiger partial charge in [0.2, 0.25) is 0 Å². The number of imidazole rings is 2. The summed E-state index contributed by atoms with van der Waals surface area (Å²) in [5.74, 6) is 1.93. The minimum Gasteiger partial charge on any atom is -1.00 e. The van der Waals surface area contributed by atoms with Crippen molar-refractivity contribution in [1.29, 1.82) is 0 Å². The third-order valence-electron chi connectivity index (χ3n) is 9.99. The molecular formula is C43H61Cl3N5Nd. The molecule has 1 radical (unpaired) electrons. The maximum atomic E-state index is 5.26. The van der Waals surface area contributed by atoms with Crippen LogP contribution in [0, 0.1) is 40.8 Å². The molecule has 5 nitrogen and oxygen atoms in total. The molecule has 2 aromatic carbocycles. The first-order valence-electron chi connectivity index (χ1n) is 19.7. The zero-order valence-corrected chi connectivity index (χ0v) is 37.3. The van der Waals surface area contributed by atoms with E-state index in [-0.39, 0.29) is 78.1 Å². The second-order valence-corrected chi connectivity index (χ2v) is 13.9. The Hall–Kier alpha value is -1.25. The van der Waals surface area contributed by atoms with E-state index < -0.39 is 0 Å². The maximum absolute atomic E-state index is 5.26. The smallest absolute Gasteiger partial charge is 1.00 e. The molecule has 0 saturated heterocycles. The molecular weight excluding hydrogens is 837 g/mol. The summed E-state index contributed by atoms with van der Waals surface area (Å²) in [4.78, 5) is 15.5. The normalized spacial score (nSPS) is 10.8. The summed E-state index contributed by atoms with van der Waals surface area (Å²) >= 11 is 0. The minimum absolute atomic E-state index is 0. The molecule has 3 heterocycles. The van der Waals surface area contributed by atoms with Crippen LogP contribution in [0.15, 0.2) is 66.7 Å². The van der Waals surface area contributed by atoms with Crippen LogP contribution in [0.1, 0.15) is 142 Å². The number of rotatable bonds is 24. The fraction of sp³-hybridized carbons (Fsp3) is 0.558. The number of aryl methyl sites for hydroxylation is 2. The van der Waals surface area contributed by atoms with E-state index in [0.717, 1.165) is 60.0 Å². The van der Waals surface area contributed by atoms with Crippen LogP contribution in [0.3, 0.4) is 0 Å². The van der Waals surface area contributed by atoms with E-state index in [1.807, 2.05) is 0 Å². The van der Waals surface area contributed by atoms with Crippen LogP contribution >= 0.6 is 0 Å². The van der Waals surface area contributed by atoms with Gasteiger partial charge in [-0.2, -0.15) is 0 Å². The molecule has 0 amide bonds. The van der Waals surface area contributed by atoms with Crippen molar-refractivity contribution in [1.82, 2.24) is 24.1 Å². The Morgan fingerprint density at radius 3 is 1.08 bits per heavy atom. The van der Waals surface area contributed by atoms with Crippen LogP contribution in [0.5, 0.6) is 0 Å². The third-order valence-corrected chi connectivity index (χ3v) is 9.99. The third kappa shape index (κ3) is 14.8. The fourth-order valence-corrected chi connectivity index (χ4v) is 7.19. The molecule has 0 unspecified atom stereocenters. The number of nitrogens with zero attached hydrogens (tertiary/aromatic N) is 5. The standard InChI is InChI=1S/C43H61N5.3ClH.Nd/c1-3-5-7-9-11-13-15-17-19-25-34-47-40-32-23-21-28-36(40)45-42(47)38-30-27-31-39(44-38)43-46-37-29-22-24-33-41(37)48(43)35-26-20-18-16-14-12-10-8-6-4-2;;;;/h21-24,27-33H,3-20,25-26,34-35H2,1-2H3;3*1H;/q;;;;+3/p-3. The molecule has 283 valence electrons. The number of benzene rings is 2. The van der Waals surface area contributed by atoms with Gasteiger partial charge in [-0.3, -0.25) is 0 Å². The van der Waals surface area contributed by atoms with Gasteiger partial charge in [0.25, 0.3) is 0 Å². The Balaban J connectivity index is 0.00000338. The molecule has 0 bridgehead atoms. The van der Waals surface area contributed by atoms with Crippen LogP contribution in [0.2, 0.25) is 0 Å². The average Bonchev–Trinajstić information content (AvgIpc) is 3.68. The Bertz CT molecular complexity index is 1540. The summed E-state index contributed by atoms with van der Waals surface area (Å²) in [6.07, 6.45) is 26.8. The largest absolute Gasteiger partial charge is 3.00 e. The molecule has 0 aliphatic carbocycles. The van der Waals surface area contributed by atoms with E-state index in [2.05, 4.69) is 89.7 Å². The maximum Gasteiger partial charge on any atom is 3.00 e. The number of pyridine rings is 1. The van der Waals surface area contributed by atoms with Crippen LogP contribution in [-0.2, 0) is 13.1 Å². The Kier molecular flexibility index (Phi) is 26.4. The van der Waals surface area contributed by atoms with Crippen molar-refractivity contribution in [3.63, 3.8) is 0 Å². The predicted molar refractivity (Wildman–Crippen MR) is 205 cm³/mol. The SMILES string of the molecule is CCCCCCCCCCCCn1c(-c2cccc(-c3nc4ccccc4n3CCCCCCCCCCCC)n2)nc2ccccc21.[Cl-].[Cl-].[Cl-].[Nd+3]. The second kappa shape index (κ2) is 28.2. The Morgan fingerprint density at radius 1 is 0.385 bits per heavy atom. The summed E-state index contributed by atoms with van der Waals surface area (Å²) in [6.45, 7) is 6.52. The van der Waals surface area contributed by atoms with Crippen LogP contribution < -0.4 is 37.2 Å². The van der Waals surface area contributed by atoms with Crippen LogP contribution in [0.25, 0.3) is 45.1 Å². The van der Waals surface area contributed by atoms with E-state index in [0.29, 0.717) is 0 Å².